The standard InChI is InChI=1S/C13H16BrN3O2/c14-11-15-7-17(16-11)13-4-8-1-9(5-13)3-12(2-8,6-13)10(18)19/h7-9H,1-6H2,(H,18,19)/p-1/t8-,9+,12?,13?. The summed E-state index contributed by atoms with van der Waals surface area (Å²) >= 11 is 3.28. The highest BCUT2D eigenvalue weighted by molar-refractivity contribution is 9.10. The van der Waals surface area contributed by atoms with Gasteiger partial charge in [0.1, 0.15) is 6.33 Å². The molecule has 5 rings (SSSR count). The van der Waals surface area contributed by atoms with Crippen LogP contribution in [0.2, 0.25) is 0 Å². The number of carbonyl (C=O) groups excluding carboxylic acids is 1. The molecule has 1 heterocycles. The molecular weight excluding hydrogens is 310 g/mol. The predicted molar refractivity (Wildman–Crippen MR) is 67.8 cm³/mol. The van der Waals surface area contributed by atoms with Gasteiger partial charge in [0.05, 0.1) is 5.54 Å². The highest BCUT2D eigenvalue weighted by Gasteiger charge is 2.59. The smallest absolute Gasteiger partial charge is 0.217 e. The Bertz CT molecular complexity index is 542. The van der Waals surface area contributed by atoms with Crippen LogP contribution in [-0.2, 0) is 10.3 Å². The van der Waals surface area contributed by atoms with Crippen LogP contribution in [0.15, 0.2) is 11.1 Å². The molecule has 0 N–H and O–H groups in total. The van der Waals surface area contributed by atoms with Gasteiger partial charge in [-0.05, 0) is 66.3 Å². The van der Waals surface area contributed by atoms with Crippen molar-refractivity contribution in [1.82, 2.24) is 14.8 Å². The SMILES string of the molecule is O=C([O-])C12C[C@H]3C[C@@H](C1)CC(n1cnc(Br)n1)(C3)C2. The number of carboxylic acids is 1. The Morgan fingerprint density at radius 3 is 2.58 bits per heavy atom. The van der Waals surface area contributed by atoms with Crippen LogP contribution >= 0.6 is 15.9 Å². The van der Waals surface area contributed by atoms with Crippen molar-refractivity contribution < 1.29 is 9.90 Å². The second kappa shape index (κ2) is 3.59. The molecule has 5 nitrogen and oxygen atoms in total. The maximum atomic E-state index is 11.7. The lowest BCUT2D eigenvalue weighted by Crippen LogP contribution is -2.61. The first-order valence-corrected chi connectivity index (χ1v) is 7.60. The van der Waals surface area contributed by atoms with Crippen molar-refractivity contribution in [2.24, 2.45) is 17.3 Å². The summed E-state index contributed by atoms with van der Waals surface area (Å²) in [6.07, 6.45) is 7.23. The molecule has 0 saturated heterocycles. The van der Waals surface area contributed by atoms with Gasteiger partial charge in [0.2, 0.25) is 4.73 Å². The summed E-state index contributed by atoms with van der Waals surface area (Å²) in [5, 5.41) is 16.1. The molecule has 0 aliphatic heterocycles. The molecule has 4 saturated carbocycles. The number of rotatable bonds is 2. The zero-order valence-corrected chi connectivity index (χ0v) is 12.1. The normalized spacial score (nSPS) is 43.6. The minimum atomic E-state index is -0.856. The molecule has 102 valence electrons. The van der Waals surface area contributed by atoms with Crippen molar-refractivity contribution in [2.45, 2.75) is 44.1 Å². The highest BCUT2D eigenvalue weighted by Crippen LogP contribution is 2.63. The minimum absolute atomic E-state index is 0.150. The van der Waals surface area contributed by atoms with E-state index in [1.54, 1.807) is 6.33 Å². The molecule has 2 unspecified atom stereocenters. The Balaban J connectivity index is 1.80. The molecule has 0 amide bonds. The molecular formula is C13H15BrN3O2-. The molecule has 1 aromatic heterocycles. The molecule has 6 heteroatoms. The van der Waals surface area contributed by atoms with Crippen LogP contribution in [0, 0.1) is 17.3 Å². The zero-order valence-electron chi connectivity index (χ0n) is 10.5. The number of nitrogens with zero attached hydrogens (tertiary/aromatic N) is 3. The minimum Gasteiger partial charge on any atom is -0.550 e. The summed E-state index contributed by atoms with van der Waals surface area (Å²) in [5.41, 5.74) is -0.772. The molecule has 1 aromatic rings. The first-order chi connectivity index (χ1) is 9.01. The number of hydrogen-bond acceptors (Lipinski definition) is 4. The van der Waals surface area contributed by atoms with E-state index in [1.807, 2.05) is 4.68 Å². The van der Waals surface area contributed by atoms with Crippen molar-refractivity contribution in [3.63, 3.8) is 0 Å². The van der Waals surface area contributed by atoms with Crippen molar-refractivity contribution in [2.75, 3.05) is 0 Å². The number of hydrogen-bond donors (Lipinski definition) is 0. The van der Waals surface area contributed by atoms with Crippen LogP contribution in [-0.4, -0.2) is 20.7 Å². The number of aliphatic carboxylic acids is 1. The van der Waals surface area contributed by atoms with Gasteiger partial charge in [-0.3, -0.25) is 0 Å². The van der Waals surface area contributed by atoms with Crippen LogP contribution in [0.4, 0.5) is 0 Å². The van der Waals surface area contributed by atoms with E-state index in [0.29, 0.717) is 23.0 Å². The zero-order chi connectivity index (χ0) is 13.3. The van der Waals surface area contributed by atoms with Crippen LogP contribution < -0.4 is 5.11 Å². The lowest BCUT2D eigenvalue weighted by Gasteiger charge is -2.62. The monoisotopic (exact) mass is 324 g/mol. The molecule has 4 atom stereocenters. The van der Waals surface area contributed by atoms with E-state index in [2.05, 4.69) is 26.0 Å². The fourth-order valence-corrected chi connectivity index (χ4v) is 5.45. The Labute approximate surface area is 119 Å². The molecule has 4 aliphatic carbocycles. The average Bonchev–Trinajstić information content (AvgIpc) is 2.74. The largest absolute Gasteiger partial charge is 0.550 e. The third kappa shape index (κ3) is 1.55. The summed E-state index contributed by atoms with van der Waals surface area (Å²) in [7, 11) is 0. The summed E-state index contributed by atoms with van der Waals surface area (Å²) in [5.74, 6) is 0.148. The van der Waals surface area contributed by atoms with Crippen molar-refractivity contribution in [3.05, 3.63) is 11.1 Å². The van der Waals surface area contributed by atoms with E-state index >= 15 is 0 Å². The number of carbonyl (C=O) groups is 1. The van der Waals surface area contributed by atoms with E-state index in [0.717, 1.165) is 25.7 Å². The second-order valence-electron chi connectivity index (χ2n) is 6.71. The van der Waals surface area contributed by atoms with E-state index in [4.69, 9.17) is 0 Å². The molecule has 0 radical (unpaired) electrons. The Morgan fingerprint density at radius 2 is 2.05 bits per heavy atom. The quantitative estimate of drug-likeness (QED) is 0.816. The first-order valence-electron chi connectivity index (χ1n) is 6.81. The number of carboxylic acid groups (broad SMARTS) is 1. The van der Waals surface area contributed by atoms with E-state index in [9.17, 15) is 9.90 Å². The molecule has 4 aliphatic rings. The topological polar surface area (TPSA) is 70.8 Å². The van der Waals surface area contributed by atoms with Crippen molar-refractivity contribution in [1.29, 1.82) is 0 Å². The van der Waals surface area contributed by atoms with Gasteiger partial charge in [0, 0.05) is 11.4 Å². The fraction of sp³-hybridized carbons (Fsp3) is 0.769. The van der Waals surface area contributed by atoms with E-state index in [-0.39, 0.29) is 5.54 Å². The third-order valence-corrected chi connectivity index (χ3v) is 5.78. The maximum Gasteiger partial charge on any atom is 0.217 e. The average molecular weight is 325 g/mol. The van der Waals surface area contributed by atoms with Crippen molar-refractivity contribution >= 4 is 21.9 Å². The van der Waals surface area contributed by atoms with Gasteiger partial charge >= 0.3 is 0 Å². The highest BCUT2D eigenvalue weighted by atomic mass is 79.9. The molecule has 4 fully saturated rings. The summed E-state index contributed by atoms with van der Waals surface area (Å²) < 4.78 is 2.48. The van der Waals surface area contributed by atoms with Crippen LogP contribution in [0.5, 0.6) is 0 Å². The summed E-state index contributed by atoms with van der Waals surface area (Å²) in [6.45, 7) is 0. The lowest BCUT2D eigenvalue weighted by atomic mass is 9.47. The predicted octanol–water partition coefficient (Wildman–Crippen LogP) is 1.09. The fourth-order valence-electron chi connectivity index (χ4n) is 5.19. The number of aromatic nitrogens is 3. The maximum absolute atomic E-state index is 11.7. The molecule has 0 aromatic carbocycles. The lowest BCUT2D eigenvalue weighted by molar-refractivity contribution is -0.329. The summed E-state index contributed by atoms with van der Waals surface area (Å²) in [6, 6.07) is 0. The van der Waals surface area contributed by atoms with Gasteiger partial charge in [0.25, 0.3) is 0 Å². The Kier molecular flexibility index (Phi) is 2.25. The Hall–Kier alpha value is -0.910. The van der Waals surface area contributed by atoms with Gasteiger partial charge in [-0.2, -0.15) is 0 Å². The van der Waals surface area contributed by atoms with Crippen molar-refractivity contribution in [3.8, 4) is 0 Å². The number of halogens is 1. The Morgan fingerprint density at radius 1 is 1.37 bits per heavy atom. The second-order valence-corrected chi connectivity index (χ2v) is 7.42. The first kappa shape index (κ1) is 11.9. The van der Waals surface area contributed by atoms with E-state index < -0.39 is 11.4 Å². The van der Waals surface area contributed by atoms with Gasteiger partial charge in [-0.1, -0.05) is 0 Å². The summed E-state index contributed by atoms with van der Waals surface area (Å²) in [4.78, 5) is 15.8. The molecule has 4 bridgehead atoms. The molecule has 0 spiro atoms. The van der Waals surface area contributed by atoms with Gasteiger partial charge < -0.3 is 9.90 Å². The van der Waals surface area contributed by atoms with Gasteiger partial charge in [-0.15, -0.1) is 5.10 Å². The third-order valence-electron chi connectivity index (χ3n) is 5.41. The van der Waals surface area contributed by atoms with Crippen LogP contribution in [0.25, 0.3) is 0 Å². The van der Waals surface area contributed by atoms with Crippen LogP contribution in [0.3, 0.4) is 0 Å². The van der Waals surface area contributed by atoms with Crippen LogP contribution in [0.1, 0.15) is 38.5 Å². The van der Waals surface area contributed by atoms with Gasteiger partial charge in [-0.25, -0.2) is 9.67 Å². The van der Waals surface area contributed by atoms with E-state index in [1.165, 1.54) is 6.42 Å². The van der Waals surface area contributed by atoms with Gasteiger partial charge in [0.15, 0.2) is 0 Å². The molecule has 19 heavy (non-hydrogen) atoms.